The summed E-state index contributed by atoms with van der Waals surface area (Å²) in [5, 5.41) is 8.63. The molecular weight excluding hydrogens is 339 g/mol. The lowest BCUT2D eigenvalue weighted by atomic mass is 9.92. The molecule has 2 atom stereocenters. The van der Waals surface area contributed by atoms with Gasteiger partial charge in [-0.05, 0) is 56.5 Å². The van der Waals surface area contributed by atoms with Crippen LogP contribution in [0.5, 0.6) is 0 Å². The minimum Gasteiger partial charge on any atom is -0.355 e. The largest absolute Gasteiger partial charge is 0.355 e. The van der Waals surface area contributed by atoms with Gasteiger partial charge in [-0.2, -0.15) is 0 Å². The van der Waals surface area contributed by atoms with Crippen LogP contribution < -0.4 is 16.0 Å². The van der Waals surface area contributed by atoms with Crippen molar-refractivity contribution < 1.29 is 18.8 Å². The second kappa shape index (κ2) is 7.41. The minimum atomic E-state index is -1.30. The lowest BCUT2D eigenvalue weighted by molar-refractivity contribution is -0.134. The van der Waals surface area contributed by atoms with Crippen molar-refractivity contribution in [1.29, 1.82) is 0 Å². The van der Waals surface area contributed by atoms with Crippen LogP contribution >= 0.6 is 0 Å². The molecule has 1 aromatic rings. The second-order valence-electron chi connectivity index (χ2n) is 6.95. The van der Waals surface area contributed by atoms with Crippen molar-refractivity contribution in [3.63, 3.8) is 0 Å². The number of urea groups is 1. The Balaban J connectivity index is 1.58. The normalized spacial score (nSPS) is 25.5. The first-order chi connectivity index (χ1) is 12.4. The lowest BCUT2D eigenvalue weighted by Crippen LogP contribution is -2.43. The number of imide groups is 1. The molecule has 0 aromatic heterocycles. The molecule has 0 saturated carbocycles. The number of halogens is 1. The molecule has 0 spiro atoms. The number of carbonyl (C=O) groups is 3. The molecule has 0 bridgehead atoms. The Morgan fingerprint density at radius 1 is 1.35 bits per heavy atom. The third-order valence-electron chi connectivity index (χ3n) is 5.04. The van der Waals surface area contributed by atoms with Gasteiger partial charge in [-0.3, -0.25) is 14.5 Å². The molecule has 3 N–H and O–H groups in total. The quantitative estimate of drug-likeness (QED) is 0.650. The molecule has 8 heteroatoms. The summed E-state index contributed by atoms with van der Waals surface area (Å²) in [6.45, 7) is 3.70. The minimum absolute atomic E-state index is 0.329. The Hall–Kier alpha value is -2.48. The molecule has 140 valence electrons. The molecule has 2 unspecified atom stereocenters. The van der Waals surface area contributed by atoms with E-state index < -0.39 is 23.3 Å². The predicted octanol–water partition coefficient (Wildman–Crippen LogP) is 0.709. The summed E-state index contributed by atoms with van der Waals surface area (Å²) in [6, 6.07) is 4.73. The maximum atomic E-state index is 13.1. The van der Waals surface area contributed by atoms with Gasteiger partial charge in [0, 0.05) is 6.54 Å². The molecule has 4 amide bonds. The van der Waals surface area contributed by atoms with Gasteiger partial charge in [0.15, 0.2) is 0 Å². The zero-order valence-corrected chi connectivity index (χ0v) is 14.7. The van der Waals surface area contributed by atoms with E-state index in [1.165, 1.54) is 24.3 Å². The molecular formula is C18H23FN4O3. The number of carbonyl (C=O) groups excluding carboxylic acids is 3. The number of amides is 4. The van der Waals surface area contributed by atoms with Crippen LogP contribution in [0.4, 0.5) is 9.18 Å². The van der Waals surface area contributed by atoms with E-state index in [-0.39, 0.29) is 12.5 Å². The molecule has 7 nitrogen and oxygen atoms in total. The maximum absolute atomic E-state index is 13.1. The Kier molecular flexibility index (Phi) is 5.22. The maximum Gasteiger partial charge on any atom is 0.325 e. The molecule has 0 radical (unpaired) electrons. The van der Waals surface area contributed by atoms with E-state index >= 15 is 0 Å². The molecule has 26 heavy (non-hydrogen) atoms. The fraction of sp³-hybridized carbons (Fsp3) is 0.500. The van der Waals surface area contributed by atoms with Gasteiger partial charge in [0.2, 0.25) is 5.91 Å². The van der Waals surface area contributed by atoms with Crippen LogP contribution in [0.1, 0.15) is 25.3 Å². The summed E-state index contributed by atoms with van der Waals surface area (Å²) >= 11 is 0. The van der Waals surface area contributed by atoms with Crippen LogP contribution in [0.3, 0.4) is 0 Å². The standard InChI is InChI=1S/C18H23FN4O3/c1-18(13-2-4-14(19)5-3-13)16(25)23(17(26)22-18)11-15(24)21-9-7-12-6-8-20-10-12/h2-5,12,20H,6-11H2,1H3,(H,21,24)(H,22,26). The predicted molar refractivity (Wildman–Crippen MR) is 92.6 cm³/mol. The van der Waals surface area contributed by atoms with Crippen LogP contribution in [0.2, 0.25) is 0 Å². The summed E-state index contributed by atoms with van der Waals surface area (Å²) in [6.07, 6.45) is 1.96. The van der Waals surface area contributed by atoms with E-state index in [9.17, 15) is 18.8 Å². The monoisotopic (exact) mass is 362 g/mol. The van der Waals surface area contributed by atoms with Crippen molar-refractivity contribution in [2.45, 2.75) is 25.3 Å². The van der Waals surface area contributed by atoms with Crippen LogP contribution in [0, 0.1) is 11.7 Å². The van der Waals surface area contributed by atoms with Crippen molar-refractivity contribution >= 4 is 17.8 Å². The van der Waals surface area contributed by atoms with Gasteiger partial charge >= 0.3 is 6.03 Å². The third kappa shape index (κ3) is 3.70. The van der Waals surface area contributed by atoms with Crippen molar-refractivity contribution in [3.8, 4) is 0 Å². The highest BCUT2D eigenvalue weighted by molar-refractivity contribution is 6.09. The van der Waals surface area contributed by atoms with E-state index in [0.29, 0.717) is 18.0 Å². The topological polar surface area (TPSA) is 90.5 Å². The summed E-state index contributed by atoms with van der Waals surface area (Å²) < 4.78 is 13.1. The number of hydrogen-bond donors (Lipinski definition) is 3. The summed E-state index contributed by atoms with van der Waals surface area (Å²) in [5.74, 6) is -0.774. The number of nitrogens with one attached hydrogen (secondary N) is 3. The first-order valence-corrected chi connectivity index (χ1v) is 8.78. The molecule has 2 fully saturated rings. The molecule has 2 heterocycles. The SMILES string of the molecule is CC1(c2ccc(F)cc2)NC(=O)N(CC(=O)NCCC2CCNC2)C1=O. The molecule has 2 aliphatic rings. The van der Waals surface area contributed by atoms with Crippen LogP contribution in [0.15, 0.2) is 24.3 Å². The van der Waals surface area contributed by atoms with Gasteiger partial charge in [0.25, 0.3) is 5.91 Å². The fourth-order valence-electron chi connectivity index (χ4n) is 3.40. The Labute approximate surface area is 151 Å². The van der Waals surface area contributed by atoms with E-state index in [1.54, 1.807) is 6.92 Å². The van der Waals surface area contributed by atoms with E-state index in [2.05, 4.69) is 16.0 Å². The first-order valence-electron chi connectivity index (χ1n) is 8.78. The molecule has 3 rings (SSSR count). The number of nitrogens with zero attached hydrogens (tertiary/aromatic N) is 1. The van der Waals surface area contributed by atoms with E-state index in [1.807, 2.05) is 0 Å². The summed E-state index contributed by atoms with van der Waals surface area (Å²) in [7, 11) is 0. The van der Waals surface area contributed by atoms with Crippen molar-refractivity contribution in [3.05, 3.63) is 35.6 Å². The van der Waals surface area contributed by atoms with Crippen molar-refractivity contribution in [2.24, 2.45) is 5.92 Å². The van der Waals surface area contributed by atoms with E-state index in [4.69, 9.17) is 0 Å². The molecule has 0 aliphatic carbocycles. The third-order valence-corrected chi connectivity index (χ3v) is 5.04. The van der Waals surface area contributed by atoms with Gasteiger partial charge in [-0.1, -0.05) is 12.1 Å². The van der Waals surface area contributed by atoms with Gasteiger partial charge in [-0.15, -0.1) is 0 Å². The second-order valence-corrected chi connectivity index (χ2v) is 6.95. The number of benzene rings is 1. The highest BCUT2D eigenvalue weighted by atomic mass is 19.1. The van der Waals surface area contributed by atoms with Crippen LogP contribution in [-0.2, 0) is 15.1 Å². The van der Waals surface area contributed by atoms with Gasteiger partial charge < -0.3 is 16.0 Å². The Bertz CT molecular complexity index is 703. The molecule has 1 aromatic carbocycles. The molecule has 2 aliphatic heterocycles. The number of rotatable bonds is 6. The van der Waals surface area contributed by atoms with Gasteiger partial charge in [-0.25, -0.2) is 9.18 Å². The van der Waals surface area contributed by atoms with Gasteiger partial charge in [0.1, 0.15) is 17.9 Å². The highest BCUT2D eigenvalue weighted by Gasteiger charge is 2.49. The fourth-order valence-corrected chi connectivity index (χ4v) is 3.40. The Morgan fingerprint density at radius 2 is 2.08 bits per heavy atom. The molecule has 2 saturated heterocycles. The zero-order chi connectivity index (χ0) is 18.7. The van der Waals surface area contributed by atoms with Gasteiger partial charge in [0.05, 0.1) is 0 Å². The highest BCUT2D eigenvalue weighted by Crippen LogP contribution is 2.28. The first kappa shape index (κ1) is 18.3. The smallest absolute Gasteiger partial charge is 0.325 e. The number of hydrogen-bond acceptors (Lipinski definition) is 4. The van der Waals surface area contributed by atoms with Crippen LogP contribution in [-0.4, -0.2) is 48.9 Å². The zero-order valence-electron chi connectivity index (χ0n) is 14.7. The van der Waals surface area contributed by atoms with Crippen LogP contribution in [0.25, 0.3) is 0 Å². The van der Waals surface area contributed by atoms with Crippen molar-refractivity contribution in [1.82, 2.24) is 20.9 Å². The summed E-state index contributed by atoms with van der Waals surface area (Å²) in [5.41, 5.74) is -0.838. The van der Waals surface area contributed by atoms with E-state index in [0.717, 1.165) is 30.8 Å². The average molecular weight is 362 g/mol. The summed E-state index contributed by atoms with van der Waals surface area (Å²) in [4.78, 5) is 37.9. The lowest BCUT2D eigenvalue weighted by Gasteiger charge is -2.22. The Morgan fingerprint density at radius 3 is 2.73 bits per heavy atom. The van der Waals surface area contributed by atoms with Crippen molar-refractivity contribution in [2.75, 3.05) is 26.2 Å². The average Bonchev–Trinajstić information content (AvgIpc) is 3.19.